The van der Waals surface area contributed by atoms with Gasteiger partial charge in [0.2, 0.25) is 0 Å². The lowest BCUT2D eigenvalue weighted by atomic mass is 9.97. The average Bonchev–Trinajstić information content (AvgIpc) is 3.63. The summed E-state index contributed by atoms with van der Waals surface area (Å²) in [6, 6.07) is 18.3. The molecule has 2 atom stereocenters. The lowest BCUT2D eigenvalue weighted by Gasteiger charge is -2.30. The van der Waals surface area contributed by atoms with Crippen molar-refractivity contribution in [3.05, 3.63) is 71.0 Å². The zero-order valence-corrected chi connectivity index (χ0v) is 24.8. The second-order valence-electron chi connectivity index (χ2n) is 12.1. The Balaban J connectivity index is 0.000000137. The number of rotatable bonds is 6. The highest BCUT2D eigenvalue weighted by molar-refractivity contribution is 5.85. The highest BCUT2D eigenvalue weighted by atomic mass is 16.5. The molecule has 4 aliphatic heterocycles. The molecule has 6 heterocycles. The molecule has 0 saturated carbocycles. The number of H-pyrrole nitrogens is 2. The van der Waals surface area contributed by atoms with Crippen molar-refractivity contribution in [1.82, 2.24) is 30.4 Å². The molecule has 0 amide bonds. The van der Waals surface area contributed by atoms with Crippen molar-refractivity contribution >= 4 is 21.8 Å². The summed E-state index contributed by atoms with van der Waals surface area (Å²) in [6.07, 6.45) is 4.60. The van der Waals surface area contributed by atoms with Gasteiger partial charge in [-0.2, -0.15) is 0 Å². The number of aromatic nitrogens is 2. The number of fused-ring (bicyclic) bond motifs is 6. The van der Waals surface area contributed by atoms with E-state index in [1.54, 1.807) is 0 Å². The maximum atomic E-state index is 5.42. The topological polar surface area (TPSA) is 80.6 Å². The van der Waals surface area contributed by atoms with Gasteiger partial charge in [-0.1, -0.05) is 36.4 Å². The van der Waals surface area contributed by atoms with Crippen LogP contribution in [0.15, 0.2) is 48.5 Å². The molecule has 4 aromatic rings. The molecular weight excluding hydrogens is 524 g/mol. The van der Waals surface area contributed by atoms with E-state index in [9.17, 15) is 0 Å². The van der Waals surface area contributed by atoms with Gasteiger partial charge in [0.15, 0.2) is 0 Å². The number of hydrogen-bond acceptors (Lipinski definition) is 6. The molecule has 0 spiro atoms. The Hall–Kier alpha value is -2.72. The van der Waals surface area contributed by atoms with Gasteiger partial charge in [0.25, 0.3) is 0 Å². The van der Waals surface area contributed by atoms with E-state index in [1.807, 2.05) is 0 Å². The lowest BCUT2D eigenvalue weighted by molar-refractivity contribution is 0.0359. The molecule has 4 aliphatic rings. The first-order chi connectivity index (χ1) is 20.8. The molecule has 0 radical (unpaired) electrons. The number of nitrogens with zero attached hydrogens (tertiary/aromatic N) is 2. The van der Waals surface area contributed by atoms with E-state index in [4.69, 9.17) is 9.47 Å². The third-order valence-corrected chi connectivity index (χ3v) is 9.60. The highest BCUT2D eigenvalue weighted by Gasteiger charge is 2.25. The normalized spacial score (nSPS) is 23.3. The lowest BCUT2D eigenvalue weighted by Crippen LogP contribution is -2.39. The summed E-state index contributed by atoms with van der Waals surface area (Å²) in [7, 11) is 0. The SMILES string of the molecule is c1ccc2c3c([nH]c2c1)[C@@H](CCN1CCOCC1)NCC3.c1ccc2c3c([nH]c2c1)[C@H](CCN1CCOCC1)NCC3. The largest absolute Gasteiger partial charge is 0.379 e. The Labute approximate surface area is 249 Å². The van der Waals surface area contributed by atoms with Gasteiger partial charge in [-0.15, -0.1) is 0 Å². The Bertz CT molecular complexity index is 1340. The van der Waals surface area contributed by atoms with Gasteiger partial charge in [-0.05, 0) is 62.0 Å². The smallest absolute Gasteiger partial charge is 0.0594 e. The Kier molecular flexibility index (Phi) is 8.88. The first kappa shape index (κ1) is 28.1. The minimum atomic E-state index is 0.462. The van der Waals surface area contributed by atoms with Gasteiger partial charge >= 0.3 is 0 Å². The van der Waals surface area contributed by atoms with Gasteiger partial charge in [-0.3, -0.25) is 9.80 Å². The molecule has 224 valence electrons. The van der Waals surface area contributed by atoms with Crippen LogP contribution in [-0.4, -0.2) is 98.6 Å². The van der Waals surface area contributed by atoms with Crippen LogP contribution in [0.1, 0.15) is 47.4 Å². The Morgan fingerprint density at radius 3 is 1.48 bits per heavy atom. The van der Waals surface area contributed by atoms with Crippen molar-refractivity contribution in [2.75, 3.05) is 78.8 Å². The van der Waals surface area contributed by atoms with E-state index in [0.717, 1.165) is 91.6 Å². The van der Waals surface area contributed by atoms with Crippen molar-refractivity contribution in [3.8, 4) is 0 Å². The summed E-state index contributed by atoms with van der Waals surface area (Å²) in [4.78, 5) is 12.3. The fourth-order valence-corrected chi connectivity index (χ4v) is 7.29. The summed E-state index contributed by atoms with van der Waals surface area (Å²) in [6.45, 7) is 12.3. The molecule has 8 nitrogen and oxygen atoms in total. The van der Waals surface area contributed by atoms with Crippen LogP contribution in [0.3, 0.4) is 0 Å². The second-order valence-corrected chi connectivity index (χ2v) is 12.1. The zero-order chi connectivity index (χ0) is 28.1. The van der Waals surface area contributed by atoms with Crippen LogP contribution in [0.4, 0.5) is 0 Å². The molecule has 2 aromatic carbocycles. The molecule has 4 N–H and O–H groups in total. The summed E-state index contributed by atoms with van der Waals surface area (Å²) < 4.78 is 10.8. The number of aromatic amines is 2. The number of morpholine rings is 2. The first-order valence-corrected chi connectivity index (χ1v) is 16.1. The van der Waals surface area contributed by atoms with Gasteiger partial charge in [0, 0.05) is 84.5 Å². The zero-order valence-electron chi connectivity index (χ0n) is 24.8. The molecule has 2 saturated heterocycles. The van der Waals surface area contributed by atoms with E-state index in [1.165, 1.54) is 57.2 Å². The fourth-order valence-electron chi connectivity index (χ4n) is 7.29. The number of ether oxygens (including phenoxy) is 2. The molecule has 8 heteroatoms. The number of para-hydroxylation sites is 2. The third kappa shape index (κ3) is 6.16. The molecule has 2 fully saturated rings. The average molecular weight is 571 g/mol. The van der Waals surface area contributed by atoms with Crippen LogP contribution in [-0.2, 0) is 22.3 Å². The van der Waals surface area contributed by atoms with E-state index in [2.05, 4.69) is 78.9 Å². The molecule has 0 bridgehead atoms. The molecule has 8 rings (SSSR count). The molecule has 0 unspecified atom stereocenters. The van der Waals surface area contributed by atoms with E-state index < -0.39 is 0 Å². The molecule has 2 aromatic heterocycles. The predicted octanol–water partition coefficient (Wildman–Crippen LogP) is 4.15. The van der Waals surface area contributed by atoms with Crippen LogP contribution in [0.2, 0.25) is 0 Å². The minimum absolute atomic E-state index is 0.462. The van der Waals surface area contributed by atoms with Gasteiger partial charge in [0.05, 0.1) is 26.4 Å². The summed E-state index contributed by atoms with van der Waals surface area (Å²) >= 11 is 0. The van der Waals surface area contributed by atoms with Crippen LogP contribution < -0.4 is 10.6 Å². The summed E-state index contributed by atoms with van der Waals surface area (Å²) in [5.41, 5.74) is 8.43. The monoisotopic (exact) mass is 570 g/mol. The predicted molar refractivity (Wildman–Crippen MR) is 169 cm³/mol. The maximum Gasteiger partial charge on any atom is 0.0594 e. The van der Waals surface area contributed by atoms with Gasteiger partial charge < -0.3 is 30.1 Å². The number of nitrogens with one attached hydrogen (secondary N) is 4. The van der Waals surface area contributed by atoms with E-state index in [0.29, 0.717) is 12.1 Å². The quantitative estimate of drug-likeness (QED) is 0.279. The number of hydrogen-bond donors (Lipinski definition) is 4. The van der Waals surface area contributed by atoms with Crippen molar-refractivity contribution in [2.45, 2.75) is 37.8 Å². The van der Waals surface area contributed by atoms with Crippen molar-refractivity contribution in [1.29, 1.82) is 0 Å². The fraction of sp³-hybridized carbons (Fsp3) is 0.529. The van der Waals surface area contributed by atoms with Crippen LogP contribution in [0.25, 0.3) is 21.8 Å². The third-order valence-electron chi connectivity index (χ3n) is 9.60. The van der Waals surface area contributed by atoms with Crippen LogP contribution >= 0.6 is 0 Å². The van der Waals surface area contributed by atoms with Gasteiger partial charge in [0.1, 0.15) is 0 Å². The second kappa shape index (κ2) is 13.3. The Morgan fingerprint density at radius 2 is 1.02 bits per heavy atom. The minimum Gasteiger partial charge on any atom is -0.379 e. The first-order valence-electron chi connectivity index (χ1n) is 16.1. The van der Waals surface area contributed by atoms with Gasteiger partial charge in [-0.25, -0.2) is 0 Å². The molecule has 42 heavy (non-hydrogen) atoms. The number of benzene rings is 2. The molecular formula is C34H46N6O2. The van der Waals surface area contributed by atoms with Crippen molar-refractivity contribution in [3.63, 3.8) is 0 Å². The van der Waals surface area contributed by atoms with E-state index >= 15 is 0 Å². The standard InChI is InChI=1S/2C17H23N3O/c2*1-2-4-15-13(3-1)14-5-7-18-16(17(14)19-15)6-8-20-9-11-21-12-10-20/h2*1-4,16,18-19H,5-12H2/t2*16-/m10/s1. The molecule has 0 aliphatic carbocycles. The summed E-state index contributed by atoms with van der Waals surface area (Å²) in [5.74, 6) is 0. The Morgan fingerprint density at radius 1 is 0.595 bits per heavy atom. The van der Waals surface area contributed by atoms with Crippen molar-refractivity contribution < 1.29 is 9.47 Å². The maximum absolute atomic E-state index is 5.42. The van der Waals surface area contributed by atoms with Crippen LogP contribution in [0.5, 0.6) is 0 Å². The highest BCUT2D eigenvalue weighted by Crippen LogP contribution is 2.32. The van der Waals surface area contributed by atoms with Crippen molar-refractivity contribution in [2.24, 2.45) is 0 Å². The summed E-state index contributed by atoms with van der Waals surface area (Å²) in [5, 5.41) is 10.2. The van der Waals surface area contributed by atoms with Crippen LogP contribution in [0, 0.1) is 0 Å². The van der Waals surface area contributed by atoms with E-state index in [-0.39, 0.29) is 0 Å².